The first-order valence-electron chi connectivity index (χ1n) is 12.6. The Hall–Kier alpha value is -5.62. The molecule has 0 saturated heterocycles. The van der Waals surface area contributed by atoms with Crippen molar-refractivity contribution in [3.63, 3.8) is 0 Å². The number of aliphatic imine (C=N–C) groups is 2. The summed E-state index contributed by atoms with van der Waals surface area (Å²) >= 11 is 0. The summed E-state index contributed by atoms with van der Waals surface area (Å²) in [5.41, 5.74) is 4.31. The van der Waals surface area contributed by atoms with E-state index in [1.54, 1.807) is 85.2 Å². The van der Waals surface area contributed by atoms with E-state index in [1.807, 2.05) is 60.7 Å². The standard InChI is InChI=1S/C34H24N2O4/c37-33(27-7-3-1-4-8-27)39-31-19-11-25(12-20-31)23-35-29-15-17-30(18-16-29)36-24-26-13-21-32(22-14-26)40-34(38)28-9-5-2-6-10-28/h1-24H. The Bertz CT molecular complexity index is 1500. The average Bonchev–Trinajstić information content (AvgIpc) is 3.02. The Morgan fingerprint density at radius 1 is 0.450 bits per heavy atom. The van der Waals surface area contributed by atoms with Gasteiger partial charge in [-0.05, 0) is 108 Å². The highest BCUT2D eigenvalue weighted by atomic mass is 16.5. The van der Waals surface area contributed by atoms with Crippen molar-refractivity contribution in [1.29, 1.82) is 0 Å². The molecule has 5 aromatic carbocycles. The normalized spacial score (nSPS) is 11.0. The van der Waals surface area contributed by atoms with Crippen LogP contribution in [-0.4, -0.2) is 24.4 Å². The highest BCUT2D eigenvalue weighted by Gasteiger charge is 2.08. The maximum absolute atomic E-state index is 12.2. The van der Waals surface area contributed by atoms with Gasteiger partial charge in [-0.15, -0.1) is 0 Å². The molecular formula is C34H24N2O4. The molecule has 0 aliphatic carbocycles. The lowest BCUT2D eigenvalue weighted by Gasteiger charge is -2.04. The topological polar surface area (TPSA) is 77.3 Å². The lowest BCUT2D eigenvalue weighted by Crippen LogP contribution is -2.07. The molecule has 40 heavy (non-hydrogen) atoms. The zero-order valence-electron chi connectivity index (χ0n) is 21.4. The van der Waals surface area contributed by atoms with Crippen LogP contribution >= 0.6 is 0 Å². The van der Waals surface area contributed by atoms with E-state index in [9.17, 15) is 9.59 Å². The van der Waals surface area contributed by atoms with Crippen molar-refractivity contribution >= 4 is 35.7 Å². The van der Waals surface area contributed by atoms with Crippen LogP contribution in [0.5, 0.6) is 11.5 Å². The van der Waals surface area contributed by atoms with Gasteiger partial charge in [-0.1, -0.05) is 36.4 Å². The quantitative estimate of drug-likeness (QED) is 0.119. The Labute approximate surface area is 231 Å². The van der Waals surface area contributed by atoms with Crippen LogP contribution in [0.15, 0.2) is 143 Å². The minimum absolute atomic E-state index is 0.397. The molecule has 5 aromatic rings. The van der Waals surface area contributed by atoms with E-state index in [4.69, 9.17) is 9.47 Å². The molecule has 0 heterocycles. The smallest absolute Gasteiger partial charge is 0.343 e. The molecule has 6 nitrogen and oxygen atoms in total. The summed E-state index contributed by atoms with van der Waals surface area (Å²) < 4.78 is 10.8. The molecule has 0 saturated carbocycles. The van der Waals surface area contributed by atoms with Crippen molar-refractivity contribution in [3.05, 3.63) is 156 Å². The van der Waals surface area contributed by atoms with Crippen LogP contribution < -0.4 is 9.47 Å². The fourth-order valence-electron chi connectivity index (χ4n) is 3.65. The van der Waals surface area contributed by atoms with Gasteiger partial charge in [-0.3, -0.25) is 9.98 Å². The van der Waals surface area contributed by atoms with E-state index in [2.05, 4.69) is 9.98 Å². The molecule has 194 valence electrons. The minimum atomic E-state index is -0.397. The Balaban J connectivity index is 1.13. The number of benzene rings is 5. The summed E-state index contributed by atoms with van der Waals surface area (Å²) in [7, 11) is 0. The summed E-state index contributed by atoms with van der Waals surface area (Å²) in [6.07, 6.45) is 3.49. The average molecular weight is 525 g/mol. The molecule has 5 rings (SSSR count). The number of hydrogen-bond donors (Lipinski definition) is 0. The molecule has 0 radical (unpaired) electrons. The third-order valence-electron chi connectivity index (χ3n) is 5.78. The summed E-state index contributed by atoms with van der Waals surface area (Å²) in [6, 6.07) is 39.5. The first kappa shape index (κ1) is 26.0. The zero-order chi connectivity index (χ0) is 27.6. The first-order chi connectivity index (χ1) is 19.6. The third-order valence-corrected chi connectivity index (χ3v) is 5.78. The van der Waals surface area contributed by atoms with Gasteiger partial charge in [0.1, 0.15) is 11.5 Å². The molecule has 0 aromatic heterocycles. The van der Waals surface area contributed by atoms with E-state index in [0.29, 0.717) is 22.6 Å². The first-order valence-corrected chi connectivity index (χ1v) is 12.6. The second-order valence-corrected chi connectivity index (χ2v) is 8.68. The molecule has 0 amide bonds. The van der Waals surface area contributed by atoms with Crippen LogP contribution in [0.1, 0.15) is 31.8 Å². The SMILES string of the molecule is O=C(Oc1ccc(C=Nc2ccc(N=Cc3ccc(OC(=O)c4ccccc4)cc3)cc2)cc1)c1ccccc1. The number of carbonyl (C=O) groups is 2. The highest BCUT2D eigenvalue weighted by Crippen LogP contribution is 2.20. The fourth-order valence-corrected chi connectivity index (χ4v) is 3.65. The molecule has 0 aliphatic rings. The van der Waals surface area contributed by atoms with Gasteiger partial charge in [-0.2, -0.15) is 0 Å². The fraction of sp³-hybridized carbons (Fsp3) is 0. The third kappa shape index (κ3) is 7.24. The van der Waals surface area contributed by atoms with E-state index in [-0.39, 0.29) is 0 Å². The van der Waals surface area contributed by atoms with Gasteiger partial charge in [0.25, 0.3) is 0 Å². The van der Waals surface area contributed by atoms with Crippen LogP contribution in [0.4, 0.5) is 11.4 Å². The van der Waals surface area contributed by atoms with Crippen molar-refractivity contribution in [2.45, 2.75) is 0 Å². The Morgan fingerprint density at radius 2 is 0.800 bits per heavy atom. The second-order valence-electron chi connectivity index (χ2n) is 8.68. The predicted octanol–water partition coefficient (Wildman–Crippen LogP) is 7.63. The van der Waals surface area contributed by atoms with Crippen LogP contribution in [0, 0.1) is 0 Å². The number of carbonyl (C=O) groups excluding carboxylic acids is 2. The molecule has 0 atom stereocenters. The van der Waals surface area contributed by atoms with Crippen LogP contribution in [0.2, 0.25) is 0 Å². The molecule has 0 bridgehead atoms. The van der Waals surface area contributed by atoms with Gasteiger partial charge in [0.15, 0.2) is 0 Å². The molecular weight excluding hydrogens is 500 g/mol. The lowest BCUT2D eigenvalue weighted by atomic mass is 10.2. The molecule has 0 fully saturated rings. The number of rotatable bonds is 8. The van der Waals surface area contributed by atoms with Crippen LogP contribution in [-0.2, 0) is 0 Å². The molecule has 6 heteroatoms. The highest BCUT2D eigenvalue weighted by molar-refractivity contribution is 5.92. The van der Waals surface area contributed by atoms with Gasteiger partial charge in [0.05, 0.1) is 22.5 Å². The maximum Gasteiger partial charge on any atom is 0.343 e. The molecule has 0 aliphatic heterocycles. The van der Waals surface area contributed by atoms with Gasteiger partial charge < -0.3 is 9.47 Å². The Morgan fingerprint density at radius 3 is 1.15 bits per heavy atom. The zero-order valence-corrected chi connectivity index (χ0v) is 21.4. The summed E-state index contributed by atoms with van der Waals surface area (Å²) in [6.45, 7) is 0. The summed E-state index contributed by atoms with van der Waals surface area (Å²) in [5.74, 6) is 0.143. The van der Waals surface area contributed by atoms with E-state index >= 15 is 0 Å². The van der Waals surface area contributed by atoms with Gasteiger partial charge in [-0.25, -0.2) is 9.59 Å². The van der Waals surface area contributed by atoms with Crippen LogP contribution in [0.3, 0.4) is 0 Å². The van der Waals surface area contributed by atoms with E-state index < -0.39 is 11.9 Å². The molecule has 0 spiro atoms. The minimum Gasteiger partial charge on any atom is -0.423 e. The second kappa shape index (κ2) is 12.8. The van der Waals surface area contributed by atoms with Crippen molar-refractivity contribution in [3.8, 4) is 11.5 Å². The summed E-state index contributed by atoms with van der Waals surface area (Å²) in [5, 5.41) is 0. The van der Waals surface area contributed by atoms with Crippen molar-refractivity contribution in [2.75, 3.05) is 0 Å². The van der Waals surface area contributed by atoms with Crippen molar-refractivity contribution in [2.24, 2.45) is 9.98 Å². The lowest BCUT2D eigenvalue weighted by molar-refractivity contribution is 0.0725. The molecule has 0 N–H and O–H groups in total. The van der Waals surface area contributed by atoms with Gasteiger partial charge >= 0.3 is 11.9 Å². The van der Waals surface area contributed by atoms with Crippen LogP contribution in [0.25, 0.3) is 0 Å². The van der Waals surface area contributed by atoms with Gasteiger partial charge in [0, 0.05) is 12.4 Å². The monoisotopic (exact) mass is 524 g/mol. The van der Waals surface area contributed by atoms with E-state index in [1.165, 1.54) is 0 Å². The number of ether oxygens (including phenoxy) is 2. The van der Waals surface area contributed by atoms with Crippen molar-refractivity contribution < 1.29 is 19.1 Å². The van der Waals surface area contributed by atoms with E-state index in [0.717, 1.165) is 22.5 Å². The molecule has 0 unspecified atom stereocenters. The predicted molar refractivity (Wildman–Crippen MR) is 157 cm³/mol. The van der Waals surface area contributed by atoms with Gasteiger partial charge in [0.2, 0.25) is 0 Å². The van der Waals surface area contributed by atoms with Crippen molar-refractivity contribution in [1.82, 2.24) is 0 Å². The largest absolute Gasteiger partial charge is 0.423 e. The Kier molecular flexibility index (Phi) is 8.29. The maximum atomic E-state index is 12.2. The number of esters is 2. The summed E-state index contributed by atoms with van der Waals surface area (Å²) in [4.78, 5) is 33.4. The number of hydrogen-bond acceptors (Lipinski definition) is 6. The number of nitrogens with zero attached hydrogens (tertiary/aromatic N) is 2.